The van der Waals surface area contributed by atoms with E-state index in [0.29, 0.717) is 0 Å². The molecule has 4 nitrogen and oxygen atoms in total. The molecule has 0 heterocycles. The van der Waals surface area contributed by atoms with Crippen LogP contribution in [0.15, 0.2) is 0 Å². The predicted octanol–water partition coefficient (Wildman–Crippen LogP) is 0.256. The van der Waals surface area contributed by atoms with Gasteiger partial charge in [-0.05, 0) is 0 Å². The third kappa shape index (κ3) is 4.62. The molecule has 50 valence electrons. The highest BCUT2D eigenvalue weighted by atomic mass is 16.5. The lowest BCUT2D eigenvalue weighted by molar-refractivity contribution is 0.151. The van der Waals surface area contributed by atoms with Crippen molar-refractivity contribution in [3.8, 4) is 6.07 Å². The maximum absolute atomic E-state index is 10.2. The molecule has 4 heteroatoms. The molecule has 0 aliphatic carbocycles. The van der Waals surface area contributed by atoms with E-state index in [1.165, 1.54) is 7.05 Å². The first-order chi connectivity index (χ1) is 4.31. The second kappa shape index (κ2) is 4.91. The normalized spacial score (nSPS) is 7.56. The van der Waals surface area contributed by atoms with Gasteiger partial charge in [-0.2, -0.15) is 5.26 Å². The van der Waals surface area contributed by atoms with Gasteiger partial charge >= 0.3 is 6.09 Å². The first kappa shape index (κ1) is 7.76. The highest BCUT2D eigenvalue weighted by Gasteiger charge is 1.93. The summed E-state index contributed by atoms with van der Waals surface area (Å²) in [5, 5.41) is 10.2. The zero-order chi connectivity index (χ0) is 7.11. The Morgan fingerprint density at radius 1 is 1.89 bits per heavy atom. The van der Waals surface area contributed by atoms with Crippen LogP contribution < -0.4 is 5.32 Å². The maximum Gasteiger partial charge on any atom is 0.406 e. The smallest absolute Gasteiger partial charge is 0.406 e. The maximum atomic E-state index is 10.2. The number of hydrogen-bond acceptors (Lipinski definition) is 3. The predicted molar refractivity (Wildman–Crippen MR) is 30.6 cm³/mol. The van der Waals surface area contributed by atoms with Crippen LogP contribution in [-0.4, -0.2) is 19.7 Å². The summed E-state index contributed by atoms with van der Waals surface area (Å²) in [6, 6.07) is 1.84. The van der Waals surface area contributed by atoms with Crippen molar-refractivity contribution in [2.24, 2.45) is 0 Å². The van der Waals surface area contributed by atoms with Gasteiger partial charge in [-0.3, -0.25) is 0 Å². The Morgan fingerprint density at radius 3 is 3.00 bits per heavy atom. The van der Waals surface area contributed by atoms with Crippen molar-refractivity contribution in [1.82, 2.24) is 5.32 Å². The molecule has 0 saturated heterocycles. The van der Waals surface area contributed by atoms with E-state index >= 15 is 0 Å². The molecule has 0 aliphatic heterocycles. The van der Waals surface area contributed by atoms with Crippen molar-refractivity contribution in [3.63, 3.8) is 0 Å². The van der Waals surface area contributed by atoms with Gasteiger partial charge in [-0.1, -0.05) is 0 Å². The molecular formula is C5H8N2O2. The second-order valence-electron chi connectivity index (χ2n) is 1.29. The van der Waals surface area contributed by atoms with Gasteiger partial charge in [-0.15, -0.1) is 0 Å². The molecule has 0 fully saturated rings. The molecule has 0 saturated carbocycles. The van der Waals surface area contributed by atoms with Crippen LogP contribution >= 0.6 is 0 Å². The molecule has 0 atom stereocenters. The molecule has 0 aromatic carbocycles. The summed E-state index contributed by atoms with van der Waals surface area (Å²) < 4.78 is 4.46. The van der Waals surface area contributed by atoms with Crippen molar-refractivity contribution in [2.45, 2.75) is 6.42 Å². The summed E-state index contributed by atoms with van der Waals surface area (Å²) in [4.78, 5) is 10.2. The van der Waals surface area contributed by atoms with Crippen molar-refractivity contribution >= 4 is 6.09 Å². The minimum atomic E-state index is -0.495. The van der Waals surface area contributed by atoms with E-state index < -0.39 is 6.09 Å². The van der Waals surface area contributed by atoms with Crippen molar-refractivity contribution < 1.29 is 9.53 Å². The van der Waals surface area contributed by atoms with Crippen molar-refractivity contribution in [2.75, 3.05) is 13.7 Å². The third-order valence-electron chi connectivity index (χ3n) is 0.651. The van der Waals surface area contributed by atoms with Crippen molar-refractivity contribution in [3.05, 3.63) is 0 Å². The lowest BCUT2D eigenvalue weighted by Crippen LogP contribution is -2.19. The number of amides is 1. The first-order valence-electron chi connectivity index (χ1n) is 2.52. The van der Waals surface area contributed by atoms with Crippen LogP contribution in [0.2, 0.25) is 0 Å². The minimum absolute atomic E-state index is 0.163. The van der Waals surface area contributed by atoms with E-state index in [9.17, 15) is 4.79 Å². The van der Waals surface area contributed by atoms with Gasteiger partial charge in [0.15, 0.2) is 0 Å². The lowest BCUT2D eigenvalue weighted by atomic mass is 10.5. The highest BCUT2D eigenvalue weighted by Crippen LogP contribution is 1.79. The van der Waals surface area contributed by atoms with Crippen LogP contribution in [0.25, 0.3) is 0 Å². The average molecular weight is 128 g/mol. The van der Waals surface area contributed by atoms with Crippen LogP contribution in [-0.2, 0) is 4.74 Å². The van der Waals surface area contributed by atoms with Crippen LogP contribution in [0, 0.1) is 11.3 Å². The zero-order valence-electron chi connectivity index (χ0n) is 5.18. The molecule has 0 radical (unpaired) electrons. The van der Waals surface area contributed by atoms with E-state index in [-0.39, 0.29) is 13.0 Å². The Balaban J connectivity index is 3.09. The summed E-state index contributed by atoms with van der Waals surface area (Å²) in [6.45, 7) is 0.163. The molecule has 0 spiro atoms. The quantitative estimate of drug-likeness (QED) is 0.542. The second-order valence-corrected chi connectivity index (χ2v) is 1.29. The number of nitriles is 1. The largest absolute Gasteiger partial charge is 0.448 e. The first-order valence-corrected chi connectivity index (χ1v) is 2.52. The van der Waals surface area contributed by atoms with Gasteiger partial charge in [0, 0.05) is 7.05 Å². The van der Waals surface area contributed by atoms with E-state index in [2.05, 4.69) is 10.1 Å². The summed E-state index contributed by atoms with van der Waals surface area (Å²) in [5.74, 6) is 0. The fraction of sp³-hybridized carbons (Fsp3) is 0.600. The molecular weight excluding hydrogens is 120 g/mol. The molecule has 0 aromatic rings. The fourth-order valence-corrected chi connectivity index (χ4v) is 0.262. The Kier molecular flexibility index (Phi) is 4.23. The fourth-order valence-electron chi connectivity index (χ4n) is 0.262. The van der Waals surface area contributed by atoms with Gasteiger partial charge in [0.05, 0.1) is 12.5 Å². The van der Waals surface area contributed by atoms with Gasteiger partial charge in [0.1, 0.15) is 6.61 Å². The summed E-state index contributed by atoms with van der Waals surface area (Å²) in [6.07, 6.45) is -0.252. The van der Waals surface area contributed by atoms with Crippen molar-refractivity contribution in [1.29, 1.82) is 5.26 Å². The van der Waals surface area contributed by atoms with E-state index in [1.54, 1.807) is 0 Å². The monoisotopic (exact) mass is 128 g/mol. The van der Waals surface area contributed by atoms with E-state index in [0.717, 1.165) is 0 Å². The van der Waals surface area contributed by atoms with Crippen LogP contribution in [0.5, 0.6) is 0 Å². The van der Waals surface area contributed by atoms with Crippen LogP contribution in [0.1, 0.15) is 6.42 Å². The summed E-state index contributed by atoms with van der Waals surface area (Å²) in [7, 11) is 1.47. The highest BCUT2D eigenvalue weighted by molar-refractivity contribution is 5.66. The minimum Gasteiger partial charge on any atom is -0.448 e. The Labute approximate surface area is 53.4 Å². The number of nitrogens with one attached hydrogen (secondary N) is 1. The zero-order valence-corrected chi connectivity index (χ0v) is 5.18. The molecule has 1 N–H and O–H groups in total. The SMILES string of the molecule is CNC(=O)OCCC#N. The number of alkyl carbamates (subject to hydrolysis) is 1. The third-order valence-corrected chi connectivity index (χ3v) is 0.651. The van der Waals surface area contributed by atoms with Gasteiger partial charge < -0.3 is 10.1 Å². The number of ether oxygens (including phenoxy) is 1. The van der Waals surface area contributed by atoms with E-state index in [4.69, 9.17) is 5.26 Å². The molecule has 0 aliphatic rings. The molecule has 0 bridgehead atoms. The number of rotatable bonds is 2. The lowest BCUT2D eigenvalue weighted by Gasteiger charge is -1.97. The molecule has 0 unspecified atom stereocenters. The summed E-state index contributed by atoms with van der Waals surface area (Å²) >= 11 is 0. The number of carbonyl (C=O) groups excluding carboxylic acids is 1. The topological polar surface area (TPSA) is 62.1 Å². The molecule has 0 aromatic heterocycles. The Hall–Kier alpha value is -1.24. The summed E-state index contributed by atoms with van der Waals surface area (Å²) in [5.41, 5.74) is 0. The molecule has 1 amide bonds. The van der Waals surface area contributed by atoms with Gasteiger partial charge in [0.2, 0.25) is 0 Å². The number of carbonyl (C=O) groups is 1. The van der Waals surface area contributed by atoms with Gasteiger partial charge in [-0.25, -0.2) is 4.79 Å². The standard InChI is InChI=1S/C5H8N2O2/c1-7-5(8)9-4-2-3-6/h2,4H2,1H3,(H,7,8). The Morgan fingerprint density at radius 2 is 2.56 bits per heavy atom. The molecule has 9 heavy (non-hydrogen) atoms. The number of nitrogens with zero attached hydrogens (tertiary/aromatic N) is 1. The molecule has 0 rings (SSSR count). The Bertz CT molecular complexity index is 127. The van der Waals surface area contributed by atoms with Gasteiger partial charge in [0.25, 0.3) is 0 Å². The van der Waals surface area contributed by atoms with Crippen LogP contribution in [0.3, 0.4) is 0 Å². The average Bonchev–Trinajstić information content (AvgIpc) is 1.89. The van der Waals surface area contributed by atoms with E-state index in [1.807, 2.05) is 6.07 Å². The van der Waals surface area contributed by atoms with Crippen LogP contribution in [0.4, 0.5) is 4.79 Å². The number of hydrogen-bond donors (Lipinski definition) is 1.